The van der Waals surface area contributed by atoms with Gasteiger partial charge in [-0.2, -0.15) is 0 Å². The molecular formula is C29H29ClN2O4. The maximum absolute atomic E-state index is 13.5. The lowest BCUT2D eigenvalue weighted by atomic mass is 9.66. The lowest BCUT2D eigenvalue weighted by Crippen LogP contribution is -2.51. The maximum atomic E-state index is 13.5. The van der Waals surface area contributed by atoms with Crippen LogP contribution in [0.25, 0.3) is 16.6 Å². The Hall–Kier alpha value is -3.09. The van der Waals surface area contributed by atoms with Gasteiger partial charge >= 0.3 is 11.9 Å². The number of piperidine rings is 1. The fourth-order valence-electron chi connectivity index (χ4n) is 6.44. The van der Waals surface area contributed by atoms with E-state index in [0.717, 1.165) is 44.3 Å². The third kappa shape index (κ3) is 3.66. The molecular weight excluding hydrogens is 476 g/mol. The average molecular weight is 505 g/mol. The second-order valence-corrected chi connectivity index (χ2v) is 10.3. The highest BCUT2D eigenvalue weighted by Crippen LogP contribution is 2.57. The molecule has 0 radical (unpaired) electrons. The molecule has 0 saturated carbocycles. The van der Waals surface area contributed by atoms with E-state index >= 15 is 0 Å². The molecule has 36 heavy (non-hydrogen) atoms. The van der Waals surface area contributed by atoms with Gasteiger partial charge in [0.1, 0.15) is 18.9 Å². The Kier molecular flexibility index (Phi) is 5.89. The van der Waals surface area contributed by atoms with E-state index in [1.807, 2.05) is 6.07 Å². The number of halogens is 1. The summed E-state index contributed by atoms with van der Waals surface area (Å²) in [5, 5.41) is 1.77. The van der Waals surface area contributed by atoms with Gasteiger partial charge in [0, 0.05) is 28.1 Å². The quantitative estimate of drug-likeness (QED) is 0.321. The Balaban J connectivity index is 1.27. The zero-order chi connectivity index (χ0) is 24.9. The first kappa shape index (κ1) is 23.3. The van der Waals surface area contributed by atoms with Gasteiger partial charge in [-0.05, 0) is 74.2 Å². The van der Waals surface area contributed by atoms with Crippen molar-refractivity contribution in [3.8, 4) is 0 Å². The smallest absolute Gasteiger partial charge is 0.355 e. The average Bonchev–Trinajstić information content (AvgIpc) is 3.25. The number of rotatable bonds is 6. The summed E-state index contributed by atoms with van der Waals surface area (Å²) < 4.78 is 13.1. The maximum Gasteiger partial charge on any atom is 0.355 e. The van der Waals surface area contributed by atoms with Gasteiger partial charge in [0.25, 0.3) is 0 Å². The highest BCUT2D eigenvalue weighted by molar-refractivity contribution is 6.30. The van der Waals surface area contributed by atoms with Crippen LogP contribution in [0.4, 0.5) is 0 Å². The molecule has 0 spiro atoms. The predicted molar refractivity (Wildman–Crippen MR) is 139 cm³/mol. The van der Waals surface area contributed by atoms with Crippen molar-refractivity contribution in [1.29, 1.82) is 0 Å². The summed E-state index contributed by atoms with van der Waals surface area (Å²) in [5.74, 6) is -0.852. The molecule has 3 aromatic rings. The van der Waals surface area contributed by atoms with Crippen LogP contribution >= 0.6 is 11.6 Å². The normalized spacial score (nSPS) is 22.6. The van der Waals surface area contributed by atoms with E-state index in [9.17, 15) is 9.59 Å². The molecule has 186 valence electrons. The molecule has 6 rings (SSSR count). The Morgan fingerprint density at radius 2 is 1.78 bits per heavy atom. The SMILES string of the molecule is CC[C@]12C=C(C(=O)OCCOC(=O)c3ccc(Cl)cc3)n3c4c(c5ccccc53)CCN(CCC1)[C@H]42. The molecule has 0 bridgehead atoms. The largest absolute Gasteiger partial charge is 0.458 e. The summed E-state index contributed by atoms with van der Waals surface area (Å²) in [6.45, 7) is 4.36. The molecule has 2 atom stereocenters. The molecule has 3 aliphatic rings. The Bertz CT molecular complexity index is 1380. The van der Waals surface area contributed by atoms with E-state index in [0.29, 0.717) is 16.3 Å². The molecule has 1 fully saturated rings. The number of ether oxygens (including phenoxy) is 2. The summed E-state index contributed by atoms with van der Waals surface area (Å²) >= 11 is 5.88. The van der Waals surface area contributed by atoms with Crippen molar-refractivity contribution in [3.63, 3.8) is 0 Å². The highest BCUT2D eigenvalue weighted by Gasteiger charge is 2.51. The molecule has 7 heteroatoms. The Morgan fingerprint density at radius 1 is 1.03 bits per heavy atom. The van der Waals surface area contributed by atoms with Crippen LogP contribution < -0.4 is 0 Å². The van der Waals surface area contributed by atoms with E-state index in [-0.39, 0.29) is 30.6 Å². The number of nitrogens with zero attached hydrogens (tertiary/aromatic N) is 2. The topological polar surface area (TPSA) is 60.8 Å². The van der Waals surface area contributed by atoms with Gasteiger partial charge in [-0.3, -0.25) is 4.90 Å². The van der Waals surface area contributed by atoms with Crippen LogP contribution in [0.15, 0.2) is 54.6 Å². The van der Waals surface area contributed by atoms with E-state index in [2.05, 4.69) is 40.7 Å². The number of hydrogen-bond donors (Lipinski definition) is 0. The standard InChI is InChI=1S/C29H29ClN2O4/c1-2-29-13-5-14-31-15-12-22-21-6-3-4-7-23(21)32(25(22)26(29)31)24(18-29)28(34)36-17-16-35-27(33)19-8-10-20(30)11-9-19/h3-4,6-11,18,26H,2,5,12-17H2,1H3/t26-,29-/m1/s1. The van der Waals surface area contributed by atoms with Crippen molar-refractivity contribution < 1.29 is 19.1 Å². The summed E-state index contributed by atoms with van der Waals surface area (Å²) in [6.07, 6.45) is 6.31. The third-order valence-corrected chi connectivity index (χ3v) is 8.34. The van der Waals surface area contributed by atoms with Crippen molar-refractivity contribution in [3.05, 3.63) is 76.5 Å². The minimum absolute atomic E-state index is 0.00836. The monoisotopic (exact) mass is 504 g/mol. The second-order valence-electron chi connectivity index (χ2n) is 9.90. The zero-order valence-electron chi connectivity index (χ0n) is 20.3. The van der Waals surface area contributed by atoms with E-state index in [1.165, 1.54) is 16.6 Å². The number of aromatic nitrogens is 1. The number of carbonyl (C=O) groups excluding carboxylic acids is 2. The predicted octanol–water partition coefficient (Wildman–Crippen LogP) is 5.64. The second kappa shape index (κ2) is 9.09. The number of para-hydroxylation sites is 1. The number of carbonyl (C=O) groups is 2. The van der Waals surface area contributed by atoms with Gasteiger partial charge in [-0.15, -0.1) is 0 Å². The molecule has 1 saturated heterocycles. The van der Waals surface area contributed by atoms with Gasteiger partial charge in [0.2, 0.25) is 0 Å². The molecule has 3 aliphatic heterocycles. The Labute approximate surface area is 215 Å². The van der Waals surface area contributed by atoms with Crippen LogP contribution in [-0.4, -0.2) is 47.7 Å². The molecule has 0 aliphatic carbocycles. The lowest BCUT2D eigenvalue weighted by Gasteiger charge is -2.53. The van der Waals surface area contributed by atoms with Crippen molar-refractivity contribution in [2.24, 2.45) is 5.41 Å². The molecule has 2 aromatic carbocycles. The van der Waals surface area contributed by atoms with Crippen molar-refractivity contribution in [1.82, 2.24) is 9.47 Å². The highest BCUT2D eigenvalue weighted by atomic mass is 35.5. The summed E-state index contributed by atoms with van der Waals surface area (Å²) in [5.41, 5.74) is 4.57. The van der Waals surface area contributed by atoms with E-state index < -0.39 is 5.97 Å². The number of fused-ring (bicyclic) bond motifs is 3. The molecule has 1 aromatic heterocycles. The van der Waals surface area contributed by atoms with Crippen molar-refractivity contribution in [2.75, 3.05) is 26.3 Å². The van der Waals surface area contributed by atoms with Crippen LogP contribution in [0.2, 0.25) is 5.02 Å². The minimum Gasteiger partial charge on any atom is -0.458 e. The first-order chi connectivity index (χ1) is 17.5. The number of hydrogen-bond acceptors (Lipinski definition) is 5. The van der Waals surface area contributed by atoms with Crippen LogP contribution in [0, 0.1) is 5.41 Å². The van der Waals surface area contributed by atoms with E-state index in [4.69, 9.17) is 21.1 Å². The summed E-state index contributed by atoms with van der Waals surface area (Å²) in [7, 11) is 0. The van der Waals surface area contributed by atoms with Gasteiger partial charge in [0.15, 0.2) is 0 Å². The molecule has 0 amide bonds. The summed E-state index contributed by atoms with van der Waals surface area (Å²) in [4.78, 5) is 28.4. The van der Waals surface area contributed by atoms with Crippen LogP contribution in [-0.2, 0) is 20.7 Å². The fraction of sp³-hybridized carbons (Fsp3) is 0.379. The molecule has 0 N–H and O–H groups in total. The molecule has 6 nitrogen and oxygen atoms in total. The molecule has 4 heterocycles. The van der Waals surface area contributed by atoms with Gasteiger partial charge in [-0.25, -0.2) is 9.59 Å². The zero-order valence-corrected chi connectivity index (χ0v) is 21.1. The van der Waals surface area contributed by atoms with Crippen LogP contribution in [0.5, 0.6) is 0 Å². The first-order valence-electron chi connectivity index (χ1n) is 12.7. The Morgan fingerprint density at radius 3 is 2.56 bits per heavy atom. The van der Waals surface area contributed by atoms with Crippen LogP contribution in [0.3, 0.4) is 0 Å². The van der Waals surface area contributed by atoms with E-state index in [1.54, 1.807) is 24.3 Å². The minimum atomic E-state index is -0.472. The van der Waals surface area contributed by atoms with Crippen molar-refractivity contribution in [2.45, 2.75) is 38.6 Å². The van der Waals surface area contributed by atoms with Gasteiger partial charge < -0.3 is 14.0 Å². The number of benzene rings is 2. The first-order valence-corrected chi connectivity index (χ1v) is 13.1. The third-order valence-electron chi connectivity index (χ3n) is 8.09. The lowest BCUT2D eigenvalue weighted by molar-refractivity contribution is -0.138. The van der Waals surface area contributed by atoms with Crippen molar-refractivity contribution >= 4 is 40.1 Å². The van der Waals surface area contributed by atoms with Crippen LogP contribution in [0.1, 0.15) is 53.8 Å². The van der Waals surface area contributed by atoms with Gasteiger partial charge in [-0.1, -0.05) is 36.7 Å². The number of esters is 2. The fourth-order valence-corrected chi connectivity index (χ4v) is 6.57. The molecule has 0 unspecified atom stereocenters. The summed E-state index contributed by atoms with van der Waals surface area (Å²) in [6, 6.07) is 15.1. The van der Waals surface area contributed by atoms with Gasteiger partial charge in [0.05, 0.1) is 17.1 Å².